The number of nitrogens with one attached hydrogen (secondary N) is 1. The van der Waals surface area contributed by atoms with Crippen LogP contribution in [-0.4, -0.2) is 42.5 Å². The molecule has 1 amide bonds. The van der Waals surface area contributed by atoms with E-state index >= 15 is 0 Å². The van der Waals surface area contributed by atoms with E-state index in [-0.39, 0.29) is 12.0 Å². The Bertz CT molecular complexity index is 1560. The highest BCUT2D eigenvalue weighted by Crippen LogP contribution is 2.44. The van der Waals surface area contributed by atoms with Crippen LogP contribution in [0.2, 0.25) is 5.02 Å². The number of sulfonamides is 1. The zero-order chi connectivity index (χ0) is 25.2. The van der Waals surface area contributed by atoms with E-state index in [0.717, 1.165) is 28.4 Å². The van der Waals surface area contributed by atoms with Crippen LogP contribution in [-0.2, 0) is 21.2 Å². The number of hydrogen-bond donors (Lipinski definition) is 1. The Balaban J connectivity index is 1.29. The van der Waals surface area contributed by atoms with Crippen LogP contribution < -0.4 is 4.72 Å². The second-order valence-electron chi connectivity index (χ2n) is 9.65. The first-order valence-corrected chi connectivity index (χ1v) is 14.6. The van der Waals surface area contributed by atoms with Gasteiger partial charge in [0.15, 0.2) is 5.58 Å². The Hall–Kier alpha value is -2.45. The number of likely N-dealkylation sites (tertiary alicyclic amines) is 1. The number of aromatic nitrogens is 1. The fourth-order valence-electron chi connectivity index (χ4n) is 5.38. The van der Waals surface area contributed by atoms with Gasteiger partial charge < -0.3 is 4.42 Å². The number of amides is 1. The highest BCUT2D eigenvalue weighted by atomic mass is 79.9. The van der Waals surface area contributed by atoms with Gasteiger partial charge in [-0.05, 0) is 83.9 Å². The maximum atomic E-state index is 12.7. The van der Waals surface area contributed by atoms with Gasteiger partial charge in [-0.3, -0.25) is 14.4 Å². The SMILES string of the molecule is N#Cc1c2c(cc3nc(-c4cccc(Br)c4Cl)oc13)C(N1CC[C@@H](C(=O)NS(=O)(=O)C3CC3)C1)CC2. The van der Waals surface area contributed by atoms with Crippen molar-refractivity contribution in [2.45, 2.75) is 43.4 Å². The van der Waals surface area contributed by atoms with E-state index in [2.05, 4.69) is 36.6 Å². The summed E-state index contributed by atoms with van der Waals surface area (Å²) in [4.78, 5) is 19.6. The van der Waals surface area contributed by atoms with Crippen LogP contribution in [0.5, 0.6) is 0 Å². The molecule has 1 N–H and O–H groups in total. The highest BCUT2D eigenvalue weighted by Gasteiger charge is 2.41. The molecule has 1 saturated heterocycles. The third-order valence-electron chi connectivity index (χ3n) is 7.38. The number of fused-ring (bicyclic) bond motifs is 2. The molecule has 0 radical (unpaired) electrons. The maximum Gasteiger partial charge on any atom is 0.237 e. The van der Waals surface area contributed by atoms with Crippen LogP contribution in [0.4, 0.5) is 0 Å². The third-order valence-corrected chi connectivity index (χ3v) is 10.5. The van der Waals surface area contributed by atoms with Crippen LogP contribution >= 0.6 is 27.5 Å². The minimum absolute atomic E-state index is 0.0314. The summed E-state index contributed by atoms with van der Waals surface area (Å²) in [6.07, 6.45) is 3.36. The predicted molar refractivity (Wildman–Crippen MR) is 138 cm³/mol. The largest absolute Gasteiger partial charge is 0.435 e. The van der Waals surface area contributed by atoms with Gasteiger partial charge in [-0.1, -0.05) is 17.7 Å². The molecule has 2 heterocycles. The van der Waals surface area contributed by atoms with Crippen LogP contribution in [0.25, 0.3) is 22.6 Å². The fraction of sp³-hybridized carbons (Fsp3) is 0.400. The van der Waals surface area contributed by atoms with Gasteiger partial charge in [-0.25, -0.2) is 13.4 Å². The lowest BCUT2D eigenvalue weighted by Gasteiger charge is -2.24. The Morgan fingerprint density at radius 1 is 1.28 bits per heavy atom. The Morgan fingerprint density at radius 3 is 2.83 bits per heavy atom. The number of carbonyl (C=O) groups is 1. The second-order valence-corrected chi connectivity index (χ2v) is 12.8. The summed E-state index contributed by atoms with van der Waals surface area (Å²) in [5.74, 6) is -0.440. The zero-order valence-corrected chi connectivity index (χ0v) is 22.3. The molecule has 3 aromatic rings. The first kappa shape index (κ1) is 23.9. The van der Waals surface area contributed by atoms with Gasteiger partial charge >= 0.3 is 0 Å². The van der Waals surface area contributed by atoms with Crippen LogP contribution in [0.15, 0.2) is 33.2 Å². The van der Waals surface area contributed by atoms with Gasteiger partial charge in [0.1, 0.15) is 17.1 Å². The van der Waals surface area contributed by atoms with Crippen molar-refractivity contribution in [1.82, 2.24) is 14.6 Å². The molecule has 186 valence electrons. The summed E-state index contributed by atoms with van der Waals surface area (Å²) < 4.78 is 33.5. The van der Waals surface area contributed by atoms with Crippen molar-refractivity contribution in [1.29, 1.82) is 5.26 Å². The molecule has 0 spiro atoms. The molecule has 1 unspecified atom stereocenters. The van der Waals surface area contributed by atoms with Crippen LogP contribution in [0, 0.1) is 17.2 Å². The number of oxazole rings is 1. The fourth-order valence-corrected chi connectivity index (χ4v) is 7.32. The van der Waals surface area contributed by atoms with Crippen molar-refractivity contribution < 1.29 is 17.6 Å². The van der Waals surface area contributed by atoms with E-state index in [9.17, 15) is 18.5 Å². The first-order valence-electron chi connectivity index (χ1n) is 11.9. The van der Waals surface area contributed by atoms with E-state index in [1.807, 2.05) is 24.3 Å². The topological polar surface area (TPSA) is 116 Å². The monoisotopic (exact) mass is 588 g/mol. The number of nitriles is 1. The number of hydrogen-bond acceptors (Lipinski definition) is 7. The number of halogens is 2. The molecule has 8 nitrogen and oxygen atoms in total. The Morgan fingerprint density at radius 2 is 2.08 bits per heavy atom. The van der Waals surface area contributed by atoms with Gasteiger partial charge in [-0.2, -0.15) is 5.26 Å². The molecule has 2 aliphatic carbocycles. The van der Waals surface area contributed by atoms with Crippen LogP contribution in [0.3, 0.4) is 0 Å². The molecule has 1 aliphatic heterocycles. The van der Waals surface area contributed by atoms with Crippen molar-refractivity contribution in [3.05, 3.63) is 50.5 Å². The first-order chi connectivity index (χ1) is 17.3. The van der Waals surface area contributed by atoms with E-state index in [4.69, 9.17) is 16.0 Å². The molecule has 2 atom stereocenters. The summed E-state index contributed by atoms with van der Waals surface area (Å²) in [5, 5.41) is 10.1. The lowest BCUT2D eigenvalue weighted by atomic mass is 10.0. The van der Waals surface area contributed by atoms with E-state index in [1.165, 1.54) is 0 Å². The number of nitrogens with zero attached hydrogens (tertiary/aromatic N) is 3. The standard InChI is InChI=1S/C25H22BrClN4O4S/c26-19-3-1-2-16(22(19)27)25-29-20-10-17-15(18(11-28)23(20)35-25)6-7-21(17)31-9-8-13(12-31)24(32)30-36(33,34)14-4-5-14/h1-3,10,13-14,21H,4-9,12H2,(H,30,32)/t13-,21?/m1/s1. The predicted octanol–water partition coefficient (Wildman–Crippen LogP) is 4.70. The molecule has 1 aromatic heterocycles. The van der Waals surface area contributed by atoms with Crippen molar-refractivity contribution in [2.75, 3.05) is 13.1 Å². The van der Waals surface area contributed by atoms with Crippen molar-refractivity contribution in [3.63, 3.8) is 0 Å². The third kappa shape index (κ3) is 4.02. The van der Waals surface area contributed by atoms with Gasteiger partial charge in [-0.15, -0.1) is 0 Å². The molecule has 2 aromatic carbocycles. The molecule has 1 saturated carbocycles. The van der Waals surface area contributed by atoms with E-state index in [0.29, 0.717) is 65.5 Å². The molecule has 6 rings (SSSR count). The highest BCUT2D eigenvalue weighted by molar-refractivity contribution is 9.10. The molecule has 36 heavy (non-hydrogen) atoms. The molecular weight excluding hydrogens is 568 g/mol. The summed E-state index contributed by atoms with van der Waals surface area (Å²) >= 11 is 9.87. The summed E-state index contributed by atoms with van der Waals surface area (Å²) in [6, 6.07) is 9.82. The zero-order valence-electron chi connectivity index (χ0n) is 19.1. The lowest BCUT2D eigenvalue weighted by Crippen LogP contribution is -2.38. The molecule has 11 heteroatoms. The Labute approximate surface area is 221 Å². The van der Waals surface area contributed by atoms with Crippen molar-refractivity contribution in [2.24, 2.45) is 5.92 Å². The summed E-state index contributed by atoms with van der Waals surface area (Å²) in [7, 11) is -3.55. The van der Waals surface area contributed by atoms with Crippen LogP contribution in [0.1, 0.15) is 48.4 Å². The van der Waals surface area contributed by atoms with E-state index < -0.39 is 21.2 Å². The van der Waals surface area contributed by atoms with Crippen molar-refractivity contribution >= 4 is 54.6 Å². The number of rotatable bonds is 5. The minimum Gasteiger partial charge on any atom is -0.435 e. The number of benzene rings is 2. The second kappa shape index (κ2) is 8.84. The van der Waals surface area contributed by atoms with Gasteiger partial charge in [0, 0.05) is 17.1 Å². The van der Waals surface area contributed by atoms with Gasteiger partial charge in [0.2, 0.25) is 21.8 Å². The smallest absolute Gasteiger partial charge is 0.237 e. The summed E-state index contributed by atoms with van der Waals surface area (Å²) in [6.45, 7) is 1.16. The van der Waals surface area contributed by atoms with E-state index in [1.54, 1.807) is 0 Å². The lowest BCUT2D eigenvalue weighted by molar-refractivity contribution is -0.122. The average molecular weight is 590 g/mol. The quantitative estimate of drug-likeness (QED) is 0.459. The van der Waals surface area contributed by atoms with Gasteiger partial charge in [0.05, 0.1) is 21.8 Å². The average Bonchev–Trinajstić information content (AvgIpc) is 3.26. The normalized spacial score (nSPS) is 22.0. The Kier molecular flexibility index (Phi) is 5.87. The van der Waals surface area contributed by atoms with Gasteiger partial charge in [0.25, 0.3) is 0 Å². The molecule has 3 aliphatic rings. The van der Waals surface area contributed by atoms with Crippen molar-refractivity contribution in [3.8, 4) is 17.5 Å². The summed E-state index contributed by atoms with van der Waals surface area (Å²) in [5.41, 5.74) is 4.13. The molecular formula is C25H22BrClN4O4S. The maximum absolute atomic E-state index is 12.7. The number of carbonyl (C=O) groups excluding carboxylic acids is 1. The minimum atomic E-state index is -3.55. The molecule has 2 fully saturated rings. The molecule has 0 bridgehead atoms.